The minimum Gasteiger partial charge on any atom is -0.489 e. The largest absolute Gasteiger partial charge is 0.489 e. The van der Waals surface area contributed by atoms with Crippen LogP contribution in [0, 0.1) is 0 Å². The first-order valence-corrected chi connectivity index (χ1v) is 4.30. The zero-order valence-electron chi connectivity index (χ0n) is 8.26. The van der Waals surface area contributed by atoms with E-state index in [0.29, 0.717) is 5.01 Å². The molecule has 8 heteroatoms. The summed E-state index contributed by atoms with van der Waals surface area (Å²) in [6.45, 7) is 0.632. The molecule has 0 aromatic rings. The number of alkyl halides is 3. The summed E-state index contributed by atoms with van der Waals surface area (Å²) in [6.07, 6.45) is -4.70. The van der Waals surface area contributed by atoms with Crippen LogP contribution in [0.25, 0.3) is 0 Å². The molecule has 0 spiro atoms. The summed E-state index contributed by atoms with van der Waals surface area (Å²) in [7, 11) is 0. The molecule has 0 unspecified atom stereocenters. The van der Waals surface area contributed by atoms with Crippen LogP contribution in [0.1, 0.15) is 6.92 Å². The Morgan fingerprint density at radius 2 is 2.19 bits per heavy atom. The summed E-state index contributed by atoms with van der Waals surface area (Å²) in [5, 5.41) is 9.35. The Kier molecular flexibility index (Phi) is 3.46. The van der Waals surface area contributed by atoms with E-state index >= 15 is 0 Å². The van der Waals surface area contributed by atoms with Gasteiger partial charge < -0.3 is 9.84 Å². The van der Waals surface area contributed by atoms with Gasteiger partial charge in [-0.2, -0.15) is 13.2 Å². The summed E-state index contributed by atoms with van der Waals surface area (Å²) in [5.41, 5.74) is 0.106. The molecule has 0 atom stereocenters. The number of hydrazine groups is 1. The molecule has 5 nitrogen and oxygen atoms in total. The molecule has 0 fully saturated rings. The van der Waals surface area contributed by atoms with Crippen LogP contribution >= 0.6 is 0 Å². The number of allylic oxidation sites excluding steroid dienone is 1. The lowest BCUT2D eigenvalue weighted by Gasteiger charge is -2.16. The second-order valence-electron chi connectivity index (χ2n) is 2.77. The Bertz CT molecular complexity index is 358. The third-order valence-corrected chi connectivity index (χ3v) is 1.77. The van der Waals surface area contributed by atoms with E-state index in [1.165, 1.54) is 12.9 Å². The Balaban J connectivity index is 3.18. The average molecular weight is 238 g/mol. The third kappa shape index (κ3) is 2.12. The summed E-state index contributed by atoms with van der Waals surface area (Å²) < 4.78 is 42.2. The van der Waals surface area contributed by atoms with Crippen LogP contribution in [-0.4, -0.2) is 35.6 Å². The van der Waals surface area contributed by atoms with E-state index in [4.69, 9.17) is 9.84 Å². The van der Waals surface area contributed by atoms with Crippen LogP contribution in [0.3, 0.4) is 0 Å². The van der Waals surface area contributed by atoms with Crippen molar-refractivity contribution in [3.8, 4) is 0 Å². The molecule has 1 rings (SSSR count). The molecule has 2 N–H and O–H groups in total. The van der Waals surface area contributed by atoms with Crippen molar-refractivity contribution in [2.75, 3.05) is 13.3 Å². The number of hydrogen-bond donors (Lipinski definition) is 2. The van der Waals surface area contributed by atoms with Crippen molar-refractivity contribution in [1.82, 2.24) is 10.4 Å². The molecule has 0 aliphatic carbocycles. The number of rotatable bonds is 3. The number of ether oxygens (including phenoxy) is 1. The Hall–Kier alpha value is -1.66. The zero-order valence-corrected chi connectivity index (χ0v) is 8.26. The lowest BCUT2D eigenvalue weighted by molar-refractivity contribution is -0.104. The zero-order chi connectivity index (χ0) is 12.3. The lowest BCUT2D eigenvalue weighted by Crippen LogP contribution is -2.35. The molecule has 0 aromatic carbocycles. The van der Waals surface area contributed by atoms with Crippen molar-refractivity contribution in [2.24, 2.45) is 0 Å². The summed E-state index contributed by atoms with van der Waals surface area (Å²) in [5.74, 6) is 0.635. The van der Waals surface area contributed by atoms with Crippen LogP contribution in [0.15, 0.2) is 17.2 Å². The van der Waals surface area contributed by atoms with Gasteiger partial charge in [0.1, 0.15) is 6.73 Å². The van der Waals surface area contributed by atoms with Gasteiger partial charge in [0, 0.05) is 0 Å². The van der Waals surface area contributed by atoms with Gasteiger partial charge in [0.25, 0.3) is 0 Å². The first-order valence-electron chi connectivity index (χ1n) is 4.30. The molecule has 0 radical (unpaired) electrons. The molecule has 1 aliphatic heterocycles. The number of nitrogens with zero attached hydrogens (tertiary/aromatic N) is 1. The fourth-order valence-corrected chi connectivity index (χ4v) is 1.17. The quantitative estimate of drug-likeness (QED) is 0.691. The summed E-state index contributed by atoms with van der Waals surface area (Å²) in [4.78, 5) is 10.5. The third-order valence-electron chi connectivity index (χ3n) is 1.77. The van der Waals surface area contributed by atoms with Crippen LogP contribution < -0.4 is 5.43 Å². The highest BCUT2D eigenvalue weighted by atomic mass is 19.4. The molecule has 1 aliphatic rings. The number of aliphatic hydroxyl groups excluding tert-OH is 1. The van der Waals surface area contributed by atoms with Crippen LogP contribution in [-0.2, 0) is 9.53 Å². The Labute approximate surface area is 88.8 Å². The number of aliphatic hydroxyl groups is 1. The van der Waals surface area contributed by atoms with E-state index in [1.807, 2.05) is 5.43 Å². The minimum atomic E-state index is -4.70. The van der Waals surface area contributed by atoms with Crippen LogP contribution in [0.4, 0.5) is 13.2 Å². The van der Waals surface area contributed by atoms with Crippen molar-refractivity contribution in [3.05, 3.63) is 17.2 Å². The first kappa shape index (κ1) is 12.4. The minimum absolute atomic E-state index is 0.0406. The molecule has 16 heavy (non-hydrogen) atoms. The monoisotopic (exact) mass is 238 g/mol. The van der Waals surface area contributed by atoms with Gasteiger partial charge in [-0.1, -0.05) is 0 Å². The maximum atomic E-state index is 12.5. The molecule has 0 saturated heterocycles. The van der Waals surface area contributed by atoms with E-state index in [9.17, 15) is 18.0 Å². The number of nitrogens with one attached hydrogen (secondary N) is 1. The maximum Gasteiger partial charge on any atom is 0.436 e. The summed E-state index contributed by atoms with van der Waals surface area (Å²) >= 11 is 0. The highest BCUT2D eigenvalue weighted by molar-refractivity contribution is 5.61. The molecule has 1 heterocycles. The number of halogens is 3. The van der Waals surface area contributed by atoms with Gasteiger partial charge in [-0.05, 0) is 6.92 Å². The second-order valence-corrected chi connectivity index (χ2v) is 2.77. The van der Waals surface area contributed by atoms with Crippen LogP contribution in [0.2, 0.25) is 0 Å². The predicted octanol–water partition coefficient (Wildman–Crippen LogP) is 0.282. The van der Waals surface area contributed by atoms with Gasteiger partial charge in [0.2, 0.25) is 0 Å². The first-order chi connectivity index (χ1) is 7.45. The molecule has 0 saturated carbocycles. The van der Waals surface area contributed by atoms with E-state index < -0.39 is 30.1 Å². The van der Waals surface area contributed by atoms with Gasteiger partial charge in [0.15, 0.2) is 23.1 Å². The number of carbonyl (C=O) groups excluding carboxylic acids is 1. The molecule has 0 amide bonds. The maximum absolute atomic E-state index is 12.5. The van der Waals surface area contributed by atoms with Gasteiger partial charge in [0.05, 0.1) is 6.61 Å². The van der Waals surface area contributed by atoms with Crippen molar-refractivity contribution in [1.29, 1.82) is 0 Å². The van der Waals surface area contributed by atoms with Gasteiger partial charge in [-0.3, -0.25) is 5.43 Å². The van der Waals surface area contributed by atoms with Gasteiger partial charge >= 0.3 is 6.18 Å². The van der Waals surface area contributed by atoms with E-state index in [-0.39, 0.29) is 6.61 Å². The van der Waals surface area contributed by atoms with Crippen molar-refractivity contribution in [3.63, 3.8) is 0 Å². The van der Waals surface area contributed by atoms with Gasteiger partial charge in [-0.25, -0.2) is 9.80 Å². The normalized spacial score (nSPS) is 16.3. The molecule has 0 bridgehead atoms. The van der Waals surface area contributed by atoms with Gasteiger partial charge in [-0.15, -0.1) is 0 Å². The van der Waals surface area contributed by atoms with Crippen molar-refractivity contribution in [2.45, 2.75) is 13.1 Å². The van der Waals surface area contributed by atoms with E-state index in [1.54, 1.807) is 0 Å². The smallest absolute Gasteiger partial charge is 0.436 e. The molecular formula is C8H9F3N2O3. The summed E-state index contributed by atoms with van der Waals surface area (Å²) in [6, 6.07) is 0. The Morgan fingerprint density at radius 3 is 2.56 bits per heavy atom. The van der Waals surface area contributed by atoms with E-state index in [0.717, 1.165) is 0 Å². The highest BCUT2D eigenvalue weighted by Gasteiger charge is 2.45. The Morgan fingerprint density at radius 1 is 1.56 bits per heavy atom. The van der Waals surface area contributed by atoms with Crippen LogP contribution in [0.5, 0.6) is 0 Å². The van der Waals surface area contributed by atoms with E-state index in [2.05, 4.69) is 0 Å². The molecule has 0 aromatic heterocycles. The highest BCUT2D eigenvalue weighted by Crippen LogP contribution is 2.34. The SMILES string of the molecule is CCOC1=C(C(F)(F)F)NN(CO)C1=C=O. The molecular weight excluding hydrogens is 229 g/mol. The average Bonchev–Trinajstić information content (AvgIpc) is 2.56. The lowest BCUT2D eigenvalue weighted by atomic mass is 10.3. The number of hydrogen-bond acceptors (Lipinski definition) is 5. The fourth-order valence-electron chi connectivity index (χ4n) is 1.17. The second kappa shape index (κ2) is 4.46. The topological polar surface area (TPSA) is 61.8 Å². The fraction of sp³-hybridized carbons (Fsp3) is 0.500. The predicted molar refractivity (Wildman–Crippen MR) is 46.0 cm³/mol. The standard InChI is InChI=1S/C8H9F3N2O3/c1-2-16-6-5(3-14)13(4-15)12-7(6)8(9,10)11/h12,15H,2,4H2,1H3. The van der Waals surface area contributed by atoms with Crippen molar-refractivity contribution >= 4 is 5.94 Å². The molecule has 90 valence electrons. The van der Waals surface area contributed by atoms with Crippen molar-refractivity contribution < 1.29 is 27.8 Å².